The molecule has 1 amide bonds. The molecule has 30 heavy (non-hydrogen) atoms. The van der Waals surface area contributed by atoms with Crippen molar-refractivity contribution in [2.24, 2.45) is 5.92 Å². The molecule has 2 aliphatic rings. The molecule has 4 N–H and O–H groups in total. The lowest BCUT2D eigenvalue weighted by Gasteiger charge is -2.34. The third-order valence-corrected chi connectivity index (χ3v) is 5.96. The van der Waals surface area contributed by atoms with E-state index in [0.29, 0.717) is 42.9 Å². The Balaban J connectivity index is 1.40. The second kappa shape index (κ2) is 7.90. The predicted molar refractivity (Wildman–Crippen MR) is 108 cm³/mol. The van der Waals surface area contributed by atoms with Crippen molar-refractivity contribution in [3.8, 4) is 0 Å². The first-order chi connectivity index (χ1) is 14.2. The van der Waals surface area contributed by atoms with Crippen molar-refractivity contribution < 1.29 is 19.4 Å². The highest BCUT2D eigenvalue weighted by Gasteiger charge is 2.34. The maximum absolute atomic E-state index is 13.7. The molecule has 0 spiro atoms. The molecule has 1 unspecified atom stereocenters. The van der Waals surface area contributed by atoms with Gasteiger partial charge in [0.05, 0.1) is 17.3 Å². The maximum Gasteiger partial charge on any atom is 0.254 e. The number of hydrogen-bond acceptors (Lipinski definition) is 7. The van der Waals surface area contributed by atoms with Gasteiger partial charge in [-0.15, -0.1) is 0 Å². The summed E-state index contributed by atoms with van der Waals surface area (Å²) in [6.45, 7) is 3.36. The van der Waals surface area contributed by atoms with E-state index in [1.165, 1.54) is 31.5 Å². The second-order valence-corrected chi connectivity index (χ2v) is 8.28. The molecule has 9 heteroatoms. The molecular weight excluding hydrogens is 389 g/mol. The lowest BCUT2D eigenvalue weighted by atomic mass is 9.81. The first-order valence-corrected chi connectivity index (χ1v) is 10.2. The molecule has 1 fully saturated rings. The first kappa shape index (κ1) is 20.6. The van der Waals surface area contributed by atoms with Crippen molar-refractivity contribution in [1.82, 2.24) is 20.7 Å². The molecule has 160 valence electrons. The number of aromatic nitrogens is 2. The van der Waals surface area contributed by atoms with Crippen LogP contribution in [0.4, 0.5) is 16.0 Å². The molecule has 1 aliphatic carbocycles. The summed E-state index contributed by atoms with van der Waals surface area (Å²) in [5, 5.41) is 24.0. The Morgan fingerprint density at radius 1 is 1.23 bits per heavy atom. The summed E-state index contributed by atoms with van der Waals surface area (Å²) in [5.74, 6) is -2.15. The van der Waals surface area contributed by atoms with Crippen molar-refractivity contribution in [3.63, 3.8) is 0 Å². The van der Waals surface area contributed by atoms with Crippen molar-refractivity contribution in [3.05, 3.63) is 47.5 Å². The smallest absolute Gasteiger partial charge is 0.254 e. The quantitative estimate of drug-likeness (QED) is 0.567. The van der Waals surface area contributed by atoms with Crippen LogP contribution in [-0.2, 0) is 0 Å². The standard InChI is InChI=1S/C21H26FN5O3/c1-12-17-8-5-15(22)9-18(17)27(26-12)20-23-10-13(11-24-20)19(28)25-16-6-3-14(4-7-16)21(2,29)30/h5,8-12,14,16,26,29-30H,3-4,6-7H2,1-2H3,(H,25,28). The average Bonchev–Trinajstić information content (AvgIpc) is 3.03. The van der Waals surface area contributed by atoms with Gasteiger partial charge in [0, 0.05) is 24.4 Å². The maximum atomic E-state index is 13.7. The minimum atomic E-state index is -1.68. The first-order valence-electron chi connectivity index (χ1n) is 10.2. The van der Waals surface area contributed by atoms with Crippen LogP contribution in [0.15, 0.2) is 30.6 Å². The fourth-order valence-electron chi connectivity index (χ4n) is 4.18. The normalized spacial score (nSPS) is 23.9. The third kappa shape index (κ3) is 4.14. The number of halogens is 1. The molecule has 0 bridgehead atoms. The summed E-state index contributed by atoms with van der Waals surface area (Å²) >= 11 is 0. The molecule has 1 aromatic carbocycles. The number of amides is 1. The van der Waals surface area contributed by atoms with Gasteiger partial charge in [0.2, 0.25) is 5.95 Å². The summed E-state index contributed by atoms with van der Waals surface area (Å²) in [4.78, 5) is 21.1. The van der Waals surface area contributed by atoms with Gasteiger partial charge in [-0.1, -0.05) is 6.07 Å². The summed E-state index contributed by atoms with van der Waals surface area (Å²) in [6, 6.07) is 4.54. The largest absolute Gasteiger partial charge is 0.366 e. The van der Waals surface area contributed by atoms with Crippen molar-refractivity contribution >= 4 is 17.5 Å². The fraction of sp³-hybridized carbons (Fsp3) is 0.476. The molecule has 2 heterocycles. The zero-order valence-corrected chi connectivity index (χ0v) is 17.0. The number of carbonyl (C=O) groups excluding carboxylic acids is 1. The van der Waals surface area contributed by atoms with Crippen LogP contribution in [0.1, 0.15) is 61.5 Å². The molecule has 8 nitrogen and oxygen atoms in total. The zero-order valence-electron chi connectivity index (χ0n) is 17.0. The van der Waals surface area contributed by atoms with E-state index in [1.807, 2.05) is 6.92 Å². The summed E-state index contributed by atoms with van der Waals surface area (Å²) in [7, 11) is 0. The third-order valence-electron chi connectivity index (χ3n) is 5.96. The van der Waals surface area contributed by atoms with Crippen LogP contribution in [-0.4, -0.2) is 37.9 Å². The number of nitrogens with one attached hydrogen (secondary N) is 2. The van der Waals surface area contributed by atoms with Crippen LogP contribution >= 0.6 is 0 Å². The highest BCUT2D eigenvalue weighted by atomic mass is 19.1. The van der Waals surface area contributed by atoms with E-state index in [1.54, 1.807) is 11.1 Å². The Morgan fingerprint density at radius 3 is 2.53 bits per heavy atom. The van der Waals surface area contributed by atoms with Gasteiger partial charge in [-0.05, 0) is 57.2 Å². The molecule has 0 saturated heterocycles. The van der Waals surface area contributed by atoms with Gasteiger partial charge < -0.3 is 15.5 Å². The van der Waals surface area contributed by atoms with Crippen molar-refractivity contribution in [1.29, 1.82) is 0 Å². The van der Waals surface area contributed by atoms with Crippen LogP contribution in [0, 0.1) is 11.7 Å². The number of benzene rings is 1. The minimum absolute atomic E-state index is 0.0120. The van der Waals surface area contributed by atoms with Crippen LogP contribution < -0.4 is 15.8 Å². The Bertz CT molecular complexity index is 923. The summed E-state index contributed by atoms with van der Waals surface area (Å²) in [6.07, 6.45) is 5.54. The monoisotopic (exact) mass is 415 g/mol. The topological polar surface area (TPSA) is 111 Å². The predicted octanol–water partition coefficient (Wildman–Crippen LogP) is 2.32. The van der Waals surface area contributed by atoms with Gasteiger partial charge in [0.25, 0.3) is 5.91 Å². The summed E-state index contributed by atoms with van der Waals surface area (Å²) in [5.41, 5.74) is 5.12. The number of hydrogen-bond donors (Lipinski definition) is 4. The highest BCUT2D eigenvalue weighted by molar-refractivity contribution is 5.93. The Labute approximate surface area is 174 Å². The molecule has 0 radical (unpaired) electrons. The van der Waals surface area contributed by atoms with E-state index in [2.05, 4.69) is 20.7 Å². The van der Waals surface area contributed by atoms with Crippen LogP contribution in [0.25, 0.3) is 0 Å². The highest BCUT2D eigenvalue weighted by Crippen LogP contribution is 2.36. The van der Waals surface area contributed by atoms with Gasteiger partial charge in [-0.3, -0.25) is 4.79 Å². The number of hydrazine groups is 1. The average molecular weight is 415 g/mol. The SMILES string of the molecule is CC1NN(c2ncc(C(=O)NC3CCC(C(C)(O)O)CC3)cn2)c2cc(F)ccc21. The second-order valence-electron chi connectivity index (χ2n) is 8.28. The minimum Gasteiger partial charge on any atom is -0.366 e. The molecule has 4 rings (SSSR count). The Morgan fingerprint density at radius 2 is 1.90 bits per heavy atom. The molecule has 1 aliphatic heterocycles. The van der Waals surface area contributed by atoms with E-state index in [9.17, 15) is 19.4 Å². The van der Waals surface area contributed by atoms with E-state index >= 15 is 0 Å². The van der Waals surface area contributed by atoms with Crippen molar-refractivity contribution in [2.75, 3.05) is 5.01 Å². The van der Waals surface area contributed by atoms with Gasteiger partial charge >= 0.3 is 0 Å². The molecule has 2 aromatic rings. The number of carbonyl (C=O) groups is 1. The number of fused-ring (bicyclic) bond motifs is 1. The molecule has 1 aromatic heterocycles. The lowest BCUT2D eigenvalue weighted by molar-refractivity contribution is -0.192. The number of anilines is 2. The molecule has 1 saturated carbocycles. The number of nitrogens with zero attached hydrogens (tertiary/aromatic N) is 3. The Hall–Kier alpha value is -2.62. The van der Waals surface area contributed by atoms with Crippen LogP contribution in [0.2, 0.25) is 0 Å². The van der Waals surface area contributed by atoms with Gasteiger partial charge in [0.1, 0.15) is 5.82 Å². The van der Waals surface area contributed by atoms with E-state index in [4.69, 9.17) is 0 Å². The van der Waals surface area contributed by atoms with Crippen molar-refractivity contribution in [2.45, 2.75) is 57.4 Å². The van der Waals surface area contributed by atoms with E-state index in [-0.39, 0.29) is 29.7 Å². The van der Waals surface area contributed by atoms with Gasteiger partial charge in [-0.2, -0.15) is 0 Å². The number of aliphatic hydroxyl groups is 2. The van der Waals surface area contributed by atoms with Crippen LogP contribution in [0.5, 0.6) is 0 Å². The van der Waals surface area contributed by atoms with Crippen LogP contribution in [0.3, 0.4) is 0 Å². The van der Waals surface area contributed by atoms with Gasteiger partial charge in [-0.25, -0.2) is 24.8 Å². The fourth-order valence-corrected chi connectivity index (χ4v) is 4.18. The van der Waals surface area contributed by atoms with E-state index in [0.717, 1.165) is 5.56 Å². The van der Waals surface area contributed by atoms with Gasteiger partial charge in [0.15, 0.2) is 5.79 Å². The number of rotatable bonds is 4. The van der Waals surface area contributed by atoms with E-state index < -0.39 is 5.79 Å². The Kier molecular flexibility index (Phi) is 5.44. The molecule has 1 atom stereocenters. The molecular formula is C21H26FN5O3. The zero-order chi connectivity index (χ0) is 21.5. The lowest BCUT2D eigenvalue weighted by Crippen LogP contribution is -2.43. The summed E-state index contributed by atoms with van der Waals surface area (Å²) < 4.78 is 13.7.